The van der Waals surface area contributed by atoms with Crippen molar-refractivity contribution in [1.29, 1.82) is 0 Å². The Morgan fingerprint density at radius 3 is 2.32 bits per heavy atom. The van der Waals surface area contributed by atoms with E-state index >= 15 is 0 Å². The summed E-state index contributed by atoms with van der Waals surface area (Å²) < 4.78 is 30.0. The van der Waals surface area contributed by atoms with Crippen LogP contribution in [0.2, 0.25) is 0 Å². The number of fused-ring (bicyclic) bond motifs is 1. The van der Waals surface area contributed by atoms with Crippen molar-refractivity contribution >= 4 is 32.7 Å². The third-order valence-electron chi connectivity index (χ3n) is 7.30. The molecule has 5 aromatic rings. The summed E-state index contributed by atoms with van der Waals surface area (Å²) in [5.74, 6) is -0.0865. The van der Waals surface area contributed by atoms with Crippen LogP contribution in [0.15, 0.2) is 97.1 Å². The summed E-state index contributed by atoms with van der Waals surface area (Å²) in [7, 11) is -2.00. The number of benzene rings is 4. The van der Waals surface area contributed by atoms with Crippen molar-refractivity contribution in [3.8, 4) is 11.1 Å². The Balaban J connectivity index is 1.48. The highest BCUT2D eigenvalue weighted by molar-refractivity contribution is 7.92. The molecule has 8 heteroatoms. The lowest BCUT2D eigenvalue weighted by molar-refractivity contribution is 0.0697. The molecular weight excluding hydrogens is 534 g/mol. The van der Waals surface area contributed by atoms with Crippen LogP contribution < -0.4 is 4.31 Å². The van der Waals surface area contributed by atoms with E-state index in [1.807, 2.05) is 78.9 Å². The zero-order valence-electron chi connectivity index (χ0n) is 23.2. The van der Waals surface area contributed by atoms with Crippen LogP contribution in [0.5, 0.6) is 0 Å². The number of carboxylic acid groups (broad SMARTS) is 1. The van der Waals surface area contributed by atoms with Crippen LogP contribution >= 0.6 is 0 Å². The Kier molecular flexibility index (Phi) is 8.21. The molecule has 4 aromatic carbocycles. The van der Waals surface area contributed by atoms with Crippen molar-refractivity contribution in [1.82, 2.24) is 9.55 Å². The maximum Gasteiger partial charge on any atom is 0.336 e. The number of imidazole rings is 1. The molecule has 1 N–H and O–H groups in total. The van der Waals surface area contributed by atoms with Crippen LogP contribution in [0.4, 0.5) is 5.69 Å². The van der Waals surface area contributed by atoms with Gasteiger partial charge in [-0.2, -0.15) is 0 Å². The minimum absolute atomic E-state index is 0.0826. The van der Waals surface area contributed by atoms with Crippen LogP contribution in [0, 0.1) is 0 Å². The number of aromatic nitrogens is 2. The standard InChI is InChI=1S/C33H33N3O4S/c1-3-4-14-32-34-30-20-19-27(35(2)41(39,40)23-25-10-6-5-7-11-25)21-31(30)36(32)22-24-15-17-26(18-16-24)28-12-8-9-13-29(28)33(37)38/h5-13,15-21H,3-4,14,22-23H2,1-2H3,(H,37,38). The number of unbranched alkanes of at least 4 members (excludes halogenated alkanes) is 1. The van der Waals surface area contributed by atoms with Gasteiger partial charge in [-0.15, -0.1) is 0 Å². The molecule has 5 rings (SSSR count). The van der Waals surface area contributed by atoms with Crippen LogP contribution in [0.1, 0.15) is 47.1 Å². The Morgan fingerprint density at radius 2 is 1.61 bits per heavy atom. The van der Waals surface area contributed by atoms with Gasteiger partial charge in [0.25, 0.3) is 0 Å². The van der Waals surface area contributed by atoms with Crippen molar-refractivity contribution < 1.29 is 18.3 Å². The molecular formula is C33H33N3O4S. The maximum atomic E-state index is 13.2. The molecule has 41 heavy (non-hydrogen) atoms. The smallest absolute Gasteiger partial charge is 0.336 e. The second kappa shape index (κ2) is 12.0. The quantitative estimate of drug-likeness (QED) is 0.190. The van der Waals surface area contributed by atoms with Gasteiger partial charge < -0.3 is 9.67 Å². The minimum atomic E-state index is -3.59. The average molecular weight is 568 g/mol. The third-order valence-corrected chi connectivity index (χ3v) is 9.04. The minimum Gasteiger partial charge on any atom is -0.478 e. The van der Waals surface area contributed by atoms with Gasteiger partial charge in [0.15, 0.2) is 0 Å². The summed E-state index contributed by atoms with van der Waals surface area (Å²) >= 11 is 0. The molecule has 0 amide bonds. The first kappa shape index (κ1) is 28.1. The average Bonchev–Trinajstić information content (AvgIpc) is 3.32. The molecule has 0 unspecified atom stereocenters. The Labute approximate surface area is 240 Å². The molecule has 0 bridgehead atoms. The molecule has 0 aliphatic rings. The lowest BCUT2D eigenvalue weighted by atomic mass is 9.99. The number of sulfonamides is 1. The highest BCUT2D eigenvalue weighted by Crippen LogP contribution is 2.28. The van der Waals surface area contributed by atoms with Gasteiger partial charge in [0.1, 0.15) is 5.82 Å². The van der Waals surface area contributed by atoms with Crippen LogP contribution in [-0.2, 0) is 28.7 Å². The molecule has 0 aliphatic heterocycles. The number of nitrogens with zero attached hydrogens (tertiary/aromatic N) is 3. The van der Waals surface area contributed by atoms with Crippen molar-refractivity contribution in [2.75, 3.05) is 11.4 Å². The molecule has 0 saturated carbocycles. The molecule has 0 atom stereocenters. The first-order chi connectivity index (χ1) is 19.8. The predicted octanol–water partition coefficient (Wildman–Crippen LogP) is 6.76. The zero-order valence-corrected chi connectivity index (χ0v) is 24.0. The fourth-order valence-corrected chi connectivity index (χ4v) is 6.24. The van der Waals surface area contributed by atoms with E-state index in [0.29, 0.717) is 17.8 Å². The maximum absolute atomic E-state index is 13.2. The monoisotopic (exact) mass is 567 g/mol. The number of hydrogen-bond acceptors (Lipinski definition) is 4. The van der Waals surface area contributed by atoms with E-state index in [1.54, 1.807) is 25.2 Å². The normalized spacial score (nSPS) is 11.6. The van der Waals surface area contributed by atoms with Gasteiger partial charge in [-0.25, -0.2) is 18.2 Å². The Bertz CT molecular complexity index is 1780. The molecule has 0 spiro atoms. The molecule has 1 heterocycles. The summed E-state index contributed by atoms with van der Waals surface area (Å²) in [5.41, 5.74) is 5.82. The predicted molar refractivity (Wildman–Crippen MR) is 164 cm³/mol. The SMILES string of the molecule is CCCCc1nc2ccc(N(C)S(=O)(=O)Cc3ccccc3)cc2n1Cc1ccc(-c2ccccc2C(=O)O)cc1. The third kappa shape index (κ3) is 6.18. The number of carbonyl (C=O) groups is 1. The number of carboxylic acids is 1. The van der Waals surface area contributed by atoms with E-state index in [0.717, 1.165) is 52.8 Å². The van der Waals surface area contributed by atoms with Crippen LogP contribution in [0.3, 0.4) is 0 Å². The number of aryl methyl sites for hydroxylation is 1. The second-order valence-corrected chi connectivity index (χ2v) is 12.1. The summed E-state index contributed by atoms with van der Waals surface area (Å²) in [5, 5.41) is 9.59. The molecule has 0 aliphatic carbocycles. The van der Waals surface area contributed by atoms with Crippen molar-refractivity contribution in [3.05, 3.63) is 120 Å². The zero-order chi connectivity index (χ0) is 29.0. The lowest BCUT2D eigenvalue weighted by Crippen LogP contribution is -2.27. The van der Waals surface area contributed by atoms with Gasteiger partial charge in [-0.3, -0.25) is 4.31 Å². The van der Waals surface area contributed by atoms with Gasteiger partial charge in [-0.1, -0.05) is 86.1 Å². The van der Waals surface area contributed by atoms with Gasteiger partial charge in [0, 0.05) is 20.0 Å². The lowest BCUT2D eigenvalue weighted by Gasteiger charge is -2.20. The Morgan fingerprint density at radius 1 is 0.902 bits per heavy atom. The number of anilines is 1. The van der Waals surface area contributed by atoms with Gasteiger partial charge in [0.05, 0.1) is 28.0 Å². The molecule has 7 nitrogen and oxygen atoms in total. The molecule has 0 radical (unpaired) electrons. The van der Waals surface area contributed by atoms with E-state index < -0.39 is 16.0 Å². The Hall–Kier alpha value is -4.43. The van der Waals surface area contributed by atoms with E-state index in [4.69, 9.17) is 4.98 Å². The molecule has 0 saturated heterocycles. The van der Waals surface area contributed by atoms with Crippen molar-refractivity contribution in [2.45, 2.75) is 38.5 Å². The first-order valence-corrected chi connectivity index (χ1v) is 15.3. The molecule has 1 aromatic heterocycles. The van der Waals surface area contributed by atoms with Crippen LogP contribution in [-0.4, -0.2) is 36.1 Å². The van der Waals surface area contributed by atoms with Crippen molar-refractivity contribution in [2.24, 2.45) is 0 Å². The van der Waals surface area contributed by atoms with Gasteiger partial charge in [-0.05, 0) is 52.9 Å². The summed E-state index contributed by atoms with van der Waals surface area (Å²) in [6.45, 7) is 2.70. The van der Waals surface area contributed by atoms with Crippen LogP contribution in [0.25, 0.3) is 22.2 Å². The van der Waals surface area contributed by atoms with Gasteiger partial charge >= 0.3 is 5.97 Å². The highest BCUT2D eigenvalue weighted by atomic mass is 32.2. The topological polar surface area (TPSA) is 92.5 Å². The second-order valence-electron chi connectivity index (χ2n) is 10.1. The largest absolute Gasteiger partial charge is 0.478 e. The summed E-state index contributed by atoms with van der Waals surface area (Å²) in [4.78, 5) is 16.6. The number of rotatable bonds is 11. The van der Waals surface area contributed by atoms with E-state index in [-0.39, 0.29) is 11.3 Å². The van der Waals surface area contributed by atoms with E-state index in [9.17, 15) is 18.3 Å². The van der Waals surface area contributed by atoms with E-state index in [2.05, 4.69) is 11.5 Å². The van der Waals surface area contributed by atoms with Crippen molar-refractivity contribution in [3.63, 3.8) is 0 Å². The summed E-state index contributed by atoms with van der Waals surface area (Å²) in [6, 6.07) is 29.6. The first-order valence-electron chi connectivity index (χ1n) is 13.7. The number of aromatic carboxylic acids is 1. The fraction of sp³-hybridized carbons (Fsp3) is 0.212. The number of hydrogen-bond donors (Lipinski definition) is 1. The van der Waals surface area contributed by atoms with Gasteiger partial charge in [0.2, 0.25) is 10.0 Å². The summed E-state index contributed by atoms with van der Waals surface area (Å²) in [6.07, 6.45) is 2.84. The molecule has 210 valence electrons. The molecule has 0 fully saturated rings. The fourth-order valence-electron chi connectivity index (χ4n) is 4.99. The highest BCUT2D eigenvalue weighted by Gasteiger charge is 2.21. The van der Waals surface area contributed by atoms with E-state index in [1.165, 1.54) is 4.31 Å².